The maximum Gasteiger partial charge on any atom is 0.132 e. The molecule has 0 heterocycles. The molecule has 0 aliphatic rings. The molecule has 4 heteroatoms. The number of anilines is 1. The van der Waals surface area contributed by atoms with Crippen LogP contribution in [0.15, 0.2) is 47.4 Å². The average molecular weight is 303 g/mol. The summed E-state index contributed by atoms with van der Waals surface area (Å²) in [5, 5.41) is 12.3. The molecule has 0 radical (unpaired) electrons. The topological polar surface area (TPSA) is 41.5 Å². The van der Waals surface area contributed by atoms with Gasteiger partial charge in [0.15, 0.2) is 0 Å². The first-order valence-electron chi connectivity index (χ1n) is 6.91. The van der Waals surface area contributed by atoms with Crippen molar-refractivity contribution in [3.05, 3.63) is 53.6 Å². The van der Waals surface area contributed by atoms with Crippen molar-refractivity contribution in [1.29, 1.82) is 0 Å². The van der Waals surface area contributed by atoms with Crippen LogP contribution in [0.5, 0.6) is 5.75 Å². The monoisotopic (exact) mass is 303 g/mol. The van der Waals surface area contributed by atoms with Crippen molar-refractivity contribution in [3.63, 3.8) is 0 Å². The molecule has 2 rings (SSSR count). The van der Waals surface area contributed by atoms with Crippen molar-refractivity contribution >= 4 is 17.4 Å². The minimum Gasteiger partial charge on any atom is -0.496 e. The van der Waals surface area contributed by atoms with Gasteiger partial charge in [-0.2, -0.15) is 0 Å². The molecule has 2 N–H and O–H groups in total. The molecule has 0 saturated heterocycles. The van der Waals surface area contributed by atoms with Gasteiger partial charge in [-0.25, -0.2) is 0 Å². The highest BCUT2D eigenvalue weighted by molar-refractivity contribution is 7.98. The largest absolute Gasteiger partial charge is 0.496 e. The summed E-state index contributed by atoms with van der Waals surface area (Å²) < 4.78 is 5.33. The lowest BCUT2D eigenvalue weighted by molar-refractivity contribution is 0.299. The highest BCUT2D eigenvalue weighted by Gasteiger charge is 2.03. The second kappa shape index (κ2) is 7.96. The summed E-state index contributed by atoms with van der Waals surface area (Å²) in [6.45, 7) is 0.965. The second-order valence-electron chi connectivity index (χ2n) is 4.71. The fourth-order valence-corrected chi connectivity index (χ4v) is 2.73. The molecule has 0 fully saturated rings. The minimum absolute atomic E-state index is 0.191. The van der Waals surface area contributed by atoms with E-state index in [4.69, 9.17) is 9.84 Å². The summed E-state index contributed by atoms with van der Waals surface area (Å²) in [5.41, 5.74) is 3.45. The zero-order chi connectivity index (χ0) is 15.1. The van der Waals surface area contributed by atoms with Crippen LogP contribution >= 0.6 is 11.8 Å². The van der Waals surface area contributed by atoms with E-state index in [2.05, 4.69) is 23.7 Å². The third-order valence-corrected chi connectivity index (χ3v) is 4.06. The van der Waals surface area contributed by atoms with E-state index in [0.29, 0.717) is 6.42 Å². The van der Waals surface area contributed by atoms with Gasteiger partial charge in [-0.05, 0) is 48.1 Å². The first kappa shape index (κ1) is 15.7. The zero-order valence-electron chi connectivity index (χ0n) is 12.4. The van der Waals surface area contributed by atoms with E-state index >= 15 is 0 Å². The van der Waals surface area contributed by atoms with Crippen LogP contribution in [0.2, 0.25) is 0 Å². The van der Waals surface area contributed by atoms with Gasteiger partial charge in [0, 0.05) is 23.7 Å². The molecular weight excluding hydrogens is 282 g/mol. The van der Waals surface area contributed by atoms with Crippen LogP contribution in [0, 0.1) is 0 Å². The van der Waals surface area contributed by atoms with E-state index in [-0.39, 0.29) is 6.61 Å². The summed E-state index contributed by atoms with van der Waals surface area (Å²) in [4.78, 5) is 1.15. The van der Waals surface area contributed by atoms with E-state index in [1.54, 1.807) is 18.9 Å². The fourth-order valence-electron chi connectivity index (χ4n) is 2.11. The number of hydrogen-bond donors (Lipinski definition) is 2. The third kappa shape index (κ3) is 4.41. The number of thioether (sulfide) groups is 1. The van der Waals surface area contributed by atoms with Crippen molar-refractivity contribution < 1.29 is 9.84 Å². The lowest BCUT2D eigenvalue weighted by Gasteiger charge is -2.11. The van der Waals surface area contributed by atoms with Crippen LogP contribution in [0.1, 0.15) is 11.1 Å². The Balaban J connectivity index is 1.99. The smallest absolute Gasteiger partial charge is 0.132 e. The Labute approximate surface area is 130 Å². The fraction of sp³-hybridized carbons (Fsp3) is 0.294. The Bertz CT molecular complexity index is 570. The number of aliphatic hydroxyl groups is 1. The van der Waals surface area contributed by atoms with Gasteiger partial charge in [-0.15, -0.1) is 11.8 Å². The van der Waals surface area contributed by atoms with Crippen LogP contribution in [0.3, 0.4) is 0 Å². The van der Waals surface area contributed by atoms with E-state index in [0.717, 1.165) is 28.4 Å². The molecule has 21 heavy (non-hydrogen) atoms. The van der Waals surface area contributed by atoms with E-state index in [1.807, 2.05) is 30.3 Å². The van der Waals surface area contributed by atoms with E-state index in [1.165, 1.54) is 5.56 Å². The summed E-state index contributed by atoms with van der Waals surface area (Å²) in [5.74, 6) is 0.916. The molecule has 0 amide bonds. The predicted molar refractivity (Wildman–Crippen MR) is 89.3 cm³/mol. The van der Waals surface area contributed by atoms with Crippen LogP contribution in [0.25, 0.3) is 0 Å². The van der Waals surface area contributed by atoms with Gasteiger partial charge in [-0.3, -0.25) is 0 Å². The molecular formula is C17H21NO2S. The summed E-state index contributed by atoms with van der Waals surface area (Å²) in [6, 6.07) is 14.4. The molecule has 112 valence electrons. The molecule has 0 spiro atoms. The van der Waals surface area contributed by atoms with Crippen molar-refractivity contribution in [1.82, 2.24) is 0 Å². The maximum absolute atomic E-state index is 8.91. The molecule has 3 nitrogen and oxygen atoms in total. The molecule has 0 aliphatic carbocycles. The van der Waals surface area contributed by atoms with Gasteiger partial charge < -0.3 is 15.2 Å². The van der Waals surface area contributed by atoms with E-state index < -0.39 is 0 Å². The summed E-state index contributed by atoms with van der Waals surface area (Å²) in [7, 11) is 1.70. The van der Waals surface area contributed by atoms with Crippen LogP contribution < -0.4 is 10.1 Å². The van der Waals surface area contributed by atoms with Gasteiger partial charge in [0.05, 0.1) is 7.11 Å². The normalized spacial score (nSPS) is 10.4. The molecule has 0 saturated carbocycles. The number of benzene rings is 2. The SMILES string of the molecule is COc1ccc(CNc2ccc(CCO)cc2)cc1SC. The quantitative estimate of drug-likeness (QED) is 0.767. The van der Waals surface area contributed by atoms with Crippen molar-refractivity contribution in [2.45, 2.75) is 17.9 Å². The summed E-state index contributed by atoms with van der Waals surface area (Å²) >= 11 is 1.69. The van der Waals surface area contributed by atoms with Crippen molar-refractivity contribution in [2.24, 2.45) is 0 Å². The Morgan fingerprint density at radius 2 is 1.81 bits per heavy atom. The second-order valence-corrected chi connectivity index (χ2v) is 5.56. The molecule has 2 aromatic rings. The number of aliphatic hydroxyl groups excluding tert-OH is 1. The molecule has 0 unspecified atom stereocenters. The lowest BCUT2D eigenvalue weighted by Crippen LogP contribution is -2.00. The molecule has 0 bridgehead atoms. The Morgan fingerprint density at radius 1 is 1.10 bits per heavy atom. The lowest BCUT2D eigenvalue weighted by atomic mass is 10.1. The number of hydrogen-bond acceptors (Lipinski definition) is 4. The number of rotatable bonds is 7. The van der Waals surface area contributed by atoms with Gasteiger partial charge in [0.25, 0.3) is 0 Å². The average Bonchev–Trinajstić information content (AvgIpc) is 2.54. The Morgan fingerprint density at radius 3 is 2.43 bits per heavy atom. The van der Waals surface area contributed by atoms with E-state index in [9.17, 15) is 0 Å². The zero-order valence-corrected chi connectivity index (χ0v) is 13.2. The van der Waals surface area contributed by atoms with Crippen molar-refractivity contribution in [3.8, 4) is 5.75 Å². The van der Waals surface area contributed by atoms with Crippen molar-refractivity contribution in [2.75, 3.05) is 25.3 Å². The van der Waals surface area contributed by atoms with Gasteiger partial charge in [0.2, 0.25) is 0 Å². The third-order valence-electron chi connectivity index (χ3n) is 3.30. The predicted octanol–water partition coefficient (Wildman–Crippen LogP) is 3.56. The molecule has 0 aromatic heterocycles. The van der Waals surface area contributed by atoms with Crippen LogP contribution in [-0.2, 0) is 13.0 Å². The van der Waals surface area contributed by atoms with Gasteiger partial charge in [-0.1, -0.05) is 18.2 Å². The van der Waals surface area contributed by atoms with Crippen LogP contribution in [0.4, 0.5) is 5.69 Å². The Kier molecular flexibility index (Phi) is 5.96. The molecule has 0 atom stereocenters. The minimum atomic E-state index is 0.191. The number of methoxy groups -OCH3 is 1. The number of ether oxygens (including phenoxy) is 1. The molecule has 2 aromatic carbocycles. The standard InChI is InChI=1S/C17H21NO2S/c1-20-16-8-5-14(11-17(16)21-2)12-18-15-6-3-13(4-7-15)9-10-19/h3-8,11,18-19H,9-10,12H2,1-2H3. The highest BCUT2D eigenvalue weighted by atomic mass is 32.2. The molecule has 0 aliphatic heterocycles. The van der Waals surface area contributed by atoms with Gasteiger partial charge in [0.1, 0.15) is 5.75 Å². The first-order valence-corrected chi connectivity index (χ1v) is 8.14. The number of nitrogens with one attached hydrogen (secondary N) is 1. The van der Waals surface area contributed by atoms with Crippen LogP contribution in [-0.4, -0.2) is 25.1 Å². The maximum atomic E-state index is 8.91. The highest BCUT2D eigenvalue weighted by Crippen LogP contribution is 2.28. The van der Waals surface area contributed by atoms with Gasteiger partial charge >= 0.3 is 0 Å². The summed E-state index contributed by atoms with van der Waals surface area (Å²) in [6.07, 6.45) is 2.75. The Hall–Kier alpha value is -1.65. The first-order chi connectivity index (χ1) is 10.3.